The molecule has 2 amide bonds. The van der Waals surface area contributed by atoms with Crippen molar-refractivity contribution in [2.45, 2.75) is 39.3 Å². The van der Waals surface area contributed by atoms with Gasteiger partial charge in [0, 0.05) is 0 Å². The number of imide groups is 1. The normalized spacial score (nSPS) is 21.7. The van der Waals surface area contributed by atoms with Crippen LogP contribution in [0, 0.1) is 13.8 Å². The smallest absolute Gasteiger partial charge is 0.263 e. The van der Waals surface area contributed by atoms with Crippen molar-refractivity contribution in [2.75, 3.05) is 9.91 Å². The molecule has 2 aromatic carbocycles. The third kappa shape index (κ3) is 2.33. The zero-order valence-corrected chi connectivity index (χ0v) is 15.0. The van der Waals surface area contributed by atoms with Gasteiger partial charge in [-0.1, -0.05) is 36.4 Å². The van der Waals surface area contributed by atoms with Crippen LogP contribution in [0.4, 0.5) is 11.4 Å². The molecular weight excluding hydrogens is 328 g/mol. The van der Waals surface area contributed by atoms with Crippen LogP contribution in [0.3, 0.4) is 0 Å². The van der Waals surface area contributed by atoms with Crippen LogP contribution in [0.2, 0.25) is 0 Å². The number of carbonyl (C=O) groups excluding carboxylic acids is 2. The summed E-state index contributed by atoms with van der Waals surface area (Å²) in [7, 11) is 0. The monoisotopic (exact) mass is 348 g/mol. The van der Waals surface area contributed by atoms with Crippen LogP contribution in [-0.2, 0) is 16.0 Å². The molecule has 1 fully saturated rings. The number of aryl methyl sites for hydroxylation is 2. The molecule has 2 aromatic rings. The summed E-state index contributed by atoms with van der Waals surface area (Å²) in [5.74, 6) is -0.601. The highest BCUT2D eigenvalue weighted by Gasteiger charge is 2.55. The molecule has 2 aliphatic rings. The summed E-state index contributed by atoms with van der Waals surface area (Å²) in [5.41, 5.74) is 4.68. The Hall–Kier alpha value is -3.02. The number of hydrogen-bond donors (Lipinski definition) is 0. The van der Waals surface area contributed by atoms with Crippen molar-refractivity contribution < 1.29 is 9.59 Å². The average molecular weight is 348 g/mol. The Balaban J connectivity index is 1.70. The summed E-state index contributed by atoms with van der Waals surface area (Å²) in [6.07, 6.45) is 0.905. The second-order valence-electron chi connectivity index (χ2n) is 6.69. The first-order valence-electron chi connectivity index (χ1n) is 8.76. The van der Waals surface area contributed by atoms with E-state index in [2.05, 4.69) is 17.3 Å². The lowest BCUT2D eigenvalue weighted by Crippen LogP contribution is -2.40. The molecule has 132 valence electrons. The molecule has 0 radical (unpaired) electrons. The van der Waals surface area contributed by atoms with E-state index in [4.69, 9.17) is 0 Å². The van der Waals surface area contributed by atoms with Crippen LogP contribution in [0.15, 0.2) is 52.8 Å². The molecule has 0 unspecified atom stereocenters. The fourth-order valence-corrected chi connectivity index (χ4v) is 3.48. The van der Waals surface area contributed by atoms with Gasteiger partial charge in [0.25, 0.3) is 11.8 Å². The molecule has 2 atom stereocenters. The van der Waals surface area contributed by atoms with Crippen LogP contribution in [0.1, 0.15) is 23.6 Å². The van der Waals surface area contributed by atoms with Gasteiger partial charge in [-0.2, -0.15) is 5.11 Å². The predicted octanol–water partition coefficient (Wildman–Crippen LogP) is 3.36. The Labute approximate surface area is 152 Å². The number of hydrogen-bond acceptors (Lipinski definition) is 5. The molecule has 0 aromatic heterocycles. The lowest BCUT2D eigenvalue weighted by atomic mass is 10.1. The van der Waals surface area contributed by atoms with Gasteiger partial charge in [0.15, 0.2) is 12.1 Å². The lowest BCUT2D eigenvalue weighted by Gasteiger charge is -2.22. The standard InChI is InChI=1S/C20H20N4O2/c1-4-14-8-10-15(11-9-14)23-19(25)17-18(20(23)26)24(22-21-17)16-7-5-6-12(2)13(16)3/h5-11,17-18H,4H2,1-3H3/t17-,18-/m1/s1. The van der Waals surface area contributed by atoms with E-state index < -0.39 is 12.1 Å². The zero-order chi connectivity index (χ0) is 18.4. The molecule has 0 N–H and O–H groups in total. The van der Waals surface area contributed by atoms with Crippen molar-refractivity contribution >= 4 is 23.2 Å². The van der Waals surface area contributed by atoms with E-state index in [1.54, 1.807) is 5.01 Å². The Morgan fingerprint density at radius 1 is 1.00 bits per heavy atom. The molecule has 0 saturated carbocycles. The fourth-order valence-electron chi connectivity index (χ4n) is 3.48. The van der Waals surface area contributed by atoms with Crippen LogP contribution in [0.5, 0.6) is 0 Å². The van der Waals surface area contributed by atoms with E-state index >= 15 is 0 Å². The van der Waals surface area contributed by atoms with Crippen molar-refractivity contribution in [1.29, 1.82) is 0 Å². The summed E-state index contributed by atoms with van der Waals surface area (Å²) in [6, 6.07) is 11.8. The quantitative estimate of drug-likeness (QED) is 0.799. The number of amides is 2. The van der Waals surface area contributed by atoms with Gasteiger partial charge in [0.2, 0.25) is 0 Å². The number of fused-ring (bicyclic) bond motifs is 1. The van der Waals surface area contributed by atoms with E-state index in [1.165, 1.54) is 4.90 Å². The van der Waals surface area contributed by atoms with Crippen LogP contribution in [-0.4, -0.2) is 23.9 Å². The number of anilines is 2. The highest BCUT2D eigenvalue weighted by molar-refractivity contribution is 6.26. The van der Waals surface area contributed by atoms with E-state index in [-0.39, 0.29) is 11.8 Å². The molecule has 6 heteroatoms. The molecule has 6 nitrogen and oxygen atoms in total. The number of rotatable bonds is 3. The minimum absolute atomic E-state index is 0.282. The van der Waals surface area contributed by atoms with Gasteiger partial charge in [0.05, 0.1) is 11.4 Å². The Morgan fingerprint density at radius 3 is 2.42 bits per heavy atom. The molecule has 0 bridgehead atoms. The third-order valence-corrected chi connectivity index (χ3v) is 5.21. The largest absolute Gasteiger partial charge is 0.271 e. The highest BCUT2D eigenvalue weighted by atomic mass is 16.2. The molecule has 1 saturated heterocycles. The maximum absolute atomic E-state index is 13.1. The topological polar surface area (TPSA) is 65.3 Å². The lowest BCUT2D eigenvalue weighted by molar-refractivity contribution is -0.121. The van der Waals surface area contributed by atoms with Gasteiger partial charge < -0.3 is 0 Å². The Kier molecular flexibility index (Phi) is 3.83. The minimum atomic E-state index is -0.784. The molecule has 26 heavy (non-hydrogen) atoms. The maximum atomic E-state index is 13.1. The minimum Gasteiger partial charge on any atom is -0.271 e. The number of nitrogens with zero attached hydrogens (tertiary/aromatic N) is 4. The first-order chi connectivity index (χ1) is 12.5. The van der Waals surface area contributed by atoms with Crippen LogP contribution in [0.25, 0.3) is 0 Å². The molecular formula is C20H20N4O2. The fraction of sp³-hybridized carbons (Fsp3) is 0.300. The van der Waals surface area contributed by atoms with E-state index in [0.717, 1.165) is 28.8 Å². The second kappa shape index (κ2) is 6.05. The second-order valence-corrected chi connectivity index (χ2v) is 6.69. The van der Waals surface area contributed by atoms with Crippen LogP contribution < -0.4 is 9.91 Å². The number of benzene rings is 2. The summed E-state index contributed by atoms with van der Waals surface area (Å²) >= 11 is 0. The summed E-state index contributed by atoms with van der Waals surface area (Å²) in [5, 5.41) is 9.84. The van der Waals surface area contributed by atoms with E-state index in [1.807, 2.05) is 56.3 Å². The van der Waals surface area contributed by atoms with Crippen molar-refractivity contribution in [3.8, 4) is 0 Å². The SMILES string of the molecule is CCc1ccc(N2C(=O)[C@@H]3N=NN(c4cccc(C)c4C)[C@H]3C2=O)cc1. The maximum Gasteiger partial charge on any atom is 0.263 e. The van der Waals surface area contributed by atoms with Gasteiger partial charge in [0.1, 0.15) is 0 Å². The van der Waals surface area contributed by atoms with Gasteiger partial charge in [-0.25, -0.2) is 9.91 Å². The van der Waals surface area contributed by atoms with Gasteiger partial charge in [-0.3, -0.25) is 9.59 Å². The third-order valence-electron chi connectivity index (χ3n) is 5.21. The van der Waals surface area contributed by atoms with Gasteiger partial charge >= 0.3 is 0 Å². The van der Waals surface area contributed by atoms with Crippen LogP contribution >= 0.6 is 0 Å². The van der Waals surface area contributed by atoms with Crippen molar-refractivity contribution in [2.24, 2.45) is 10.3 Å². The number of carbonyl (C=O) groups is 2. The molecule has 4 rings (SSSR count). The summed E-state index contributed by atoms with van der Waals surface area (Å²) in [6.45, 7) is 6.05. The zero-order valence-electron chi connectivity index (χ0n) is 15.0. The average Bonchev–Trinajstić information content (AvgIpc) is 3.18. The summed E-state index contributed by atoms with van der Waals surface area (Å²) < 4.78 is 0. The molecule has 2 heterocycles. The Bertz CT molecular complexity index is 920. The predicted molar refractivity (Wildman–Crippen MR) is 99.1 cm³/mol. The first-order valence-corrected chi connectivity index (χ1v) is 8.76. The molecule has 0 spiro atoms. The first kappa shape index (κ1) is 16.4. The molecule has 2 aliphatic heterocycles. The van der Waals surface area contributed by atoms with Crippen molar-refractivity contribution in [1.82, 2.24) is 0 Å². The van der Waals surface area contributed by atoms with Gasteiger partial charge in [-0.15, -0.1) is 0 Å². The van der Waals surface area contributed by atoms with E-state index in [9.17, 15) is 9.59 Å². The highest BCUT2D eigenvalue weighted by Crippen LogP contribution is 2.36. The van der Waals surface area contributed by atoms with E-state index in [0.29, 0.717) is 5.69 Å². The van der Waals surface area contributed by atoms with Crippen molar-refractivity contribution in [3.63, 3.8) is 0 Å². The summed E-state index contributed by atoms with van der Waals surface area (Å²) in [4.78, 5) is 27.1. The Morgan fingerprint density at radius 2 is 1.73 bits per heavy atom. The molecule has 0 aliphatic carbocycles. The van der Waals surface area contributed by atoms with Crippen molar-refractivity contribution in [3.05, 3.63) is 59.2 Å². The van der Waals surface area contributed by atoms with Gasteiger partial charge in [-0.05, 0) is 55.2 Å².